The van der Waals surface area contributed by atoms with E-state index in [0.29, 0.717) is 10.7 Å². The molecule has 142 valence electrons. The molecule has 2 aromatic rings. The fraction of sp³-hybridized carbons (Fsp3) is 0.263. The van der Waals surface area contributed by atoms with Crippen molar-refractivity contribution in [1.82, 2.24) is 4.90 Å². The van der Waals surface area contributed by atoms with Crippen molar-refractivity contribution in [2.24, 2.45) is 0 Å². The Balaban J connectivity index is 1.76. The molecular formula is C19H16ClF3N2O2. The molecule has 0 radical (unpaired) electrons. The van der Waals surface area contributed by atoms with Crippen molar-refractivity contribution < 1.29 is 22.8 Å². The van der Waals surface area contributed by atoms with Crippen molar-refractivity contribution in [3.05, 3.63) is 64.7 Å². The molecule has 0 spiro atoms. The number of carbonyl (C=O) groups is 2. The SMILES string of the molecule is CC1C(=O)N(c2ccc(Cl)cc2)CCN1C(=O)c1ccc(C(F)(F)F)cc1. The molecule has 0 aliphatic carbocycles. The van der Waals surface area contributed by atoms with Crippen molar-refractivity contribution in [3.8, 4) is 0 Å². The highest BCUT2D eigenvalue weighted by Gasteiger charge is 2.36. The number of benzene rings is 2. The number of amides is 2. The fourth-order valence-electron chi connectivity index (χ4n) is 2.99. The Morgan fingerprint density at radius 2 is 1.63 bits per heavy atom. The van der Waals surface area contributed by atoms with E-state index in [-0.39, 0.29) is 24.6 Å². The van der Waals surface area contributed by atoms with E-state index in [1.165, 1.54) is 4.90 Å². The first kappa shape index (κ1) is 19.2. The van der Waals surface area contributed by atoms with E-state index in [1.807, 2.05) is 0 Å². The molecule has 0 N–H and O–H groups in total. The molecule has 1 atom stereocenters. The molecular weight excluding hydrogens is 381 g/mol. The first-order chi connectivity index (χ1) is 12.7. The topological polar surface area (TPSA) is 40.6 Å². The van der Waals surface area contributed by atoms with Crippen LogP contribution in [0, 0.1) is 0 Å². The maximum Gasteiger partial charge on any atom is 0.416 e. The van der Waals surface area contributed by atoms with E-state index < -0.39 is 23.7 Å². The average Bonchev–Trinajstić information content (AvgIpc) is 2.64. The summed E-state index contributed by atoms with van der Waals surface area (Å²) < 4.78 is 38.0. The Labute approximate surface area is 159 Å². The predicted molar refractivity (Wildman–Crippen MR) is 95.7 cm³/mol. The van der Waals surface area contributed by atoms with Gasteiger partial charge in [-0.1, -0.05) is 11.6 Å². The van der Waals surface area contributed by atoms with Crippen LogP contribution in [0.3, 0.4) is 0 Å². The molecule has 1 aliphatic heterocycles. The van der Waals surface area contributed by atoms with Crippen LogP contribution in [0.5, 0.6) is 0 Å². The highest BCUT2D eigenvalue weighted by atomic mass is 35.5. The van der Waals surface area contributed by atoms with E-state index in [9.17, 15) is 22.8 Å². The number of anilines is 1. The molecule has 1 aliphatic rings. The molecule has 4 nitrogen and oxygen atoms in total. The van der Waals surface area contributed by atoms with Crippen LogP contribution >= 0.6 is 11.6 Å². The molecule has 27 heavy (non-hydrogen) atoms. The zero-order valence-corrected chi connectivity index (χ0v) is 15.1. The Morgan fingerprint density at radius 3 is 2.19 bits per heavy atom. The summed E-state index contributed by atoms with van der Waals surface area (Å²) in [4.78, 5) is 28.3. The summed E-state index contributed by atoms with van der Waals surface area (Å²) in [6.07, 6.45) is -4.46. The average molecular weight is 397 g/mol. The molecule has 1 fully saturated rings. The summed E-state index contributed by atoms with van der Waals surface area (Å²) in [5, 5.41) is 0.551. The van der Waals surface area contributed by atoms with Crippen molar-refractivity contribution in [3.63, 3.8) is 0 Å². The first-order valence-electron chi connectivity index (χ1n) is 8.23. The molecule has 8 heteroatoms. The molecule has 0 bridgehead atoms. The van der Waals surface area contributed by atoms with Crippen LogP contribution in [0.2, 0.25) is 5.02 Å². The number of hydrogen-bond donors (Lipinski definition) is 0. The first-order valence-corrected chi connectivity index (χ1v) is 8.61. The van der Waals surface area contributed by atoms with Crippen molar-refractivity contribution >= 4 is 29.1 Å². The molecule has 2 amide bonds. The number of rotatable bonds is 2. The summed E-state index contributed by atoms with van der Waals surface area (Å²) in [5.41, 5.74) is -0.0313. The molecule has 1 saturated heterocycles. The van der Waals surface area contributed by atoms with Gasteiger partial charge in [0, 0.05) is 29.4 Å². The summed E-state index contributed by atoms with van der Waals surface area (Å²) in [6, 6.07) is 10.1. The maximum absolute atomic E-state index is 12.7. The maximum atomic E-state index is 12.7. The number of piperazine rings is 1. The number of alkyl halides is 3. The molecule has 2 aromatic carbocycles. The lowest BCUT2D eigenvalue weighted by atomic mass is 10.1. The quantitative estimate of drug-likeness (QED) is 0.762. The van der Waals surface area contributed by atoms with Crippen LogP contribution in [-0.4, -0.2) is 35.8 Å². The highest BCUT2D eigenvalue weighted by Crippen LogP contribution is 2.29. The minimum absolute atomic E-state index is 0.114. The van der Waals surface area contributed by atoms with Gasteiger partial charge in [-0.2, -0.15) is 13.2 Å². The third-order valence-electron chi connectivity index (χ3n) is 4.51. The third-order valence-corrected chi connectivity index (χ3v) is 4.77. The minimum atomic E-state index is -4.46. The van der Waals surface area contributed by atoms with Crippen molar-refractivity contribution in [2.75, 3.05) is 18.0 Å². The van der Waals surface area contributed by atoms with Crippen molar-refractivity contribution in [2.45, 2.75) is 19.1 Å². The Bertz CT molecular complexity index is 851. The van der Waals surface area contributed by atoms with Gasteiger partial charge in [0.2, 0.25) is 5.91 Å². The lowest BCUT2D eigenvalue weighted by molar-refractivity contribution is -0.137. The molecule has 1 unspecified atom stereocenters. The number of nitrogens with zero attached hydrogens (tertiary/aromatic N) is 2. The van der Waals surface area contributed by atoms with E-state index >= 15 is 0 Å². The Kier molecular flexibility index (Phi) is 5.15. The molecule has 0 aromatic heterocycles. The van der Waals surface area contributed by atoms with Gasteiger partial charge in [0.25, 0.3) is 5.91 Å². The van der Waals surface area contributed by atoms with Crippen molar-refractivity contribution in [1.29, 1.82) is 0 Å². The molecule has 0 saturated carbocycles. The fourth-order valence-corrected chi connectivity index (χ4v) is 3.12. The third kappa shape index (κ3) is 3.93. The van der Waals surface area contributed by atoms with Gasteiger partial charge in [-0.25, -0.2) is 0 Å². The van der Waals surface area contributed by atoms with Crippen LogP contribution in [0.25, 0.3) is 0 Å². The summed E-state index contributed by atoms with van der Waals surface area (Å²) in [6.45, 7) is 2.17. The van der Waals surface area contributed by atoms with Crippen LogP contribution < -0.4 is 4.90 Å². The van der Waals surface area contributed by atoms with Crippen LogP contribution in [0.4, 0.5) is 18.9 Å². The second-order valence-electron chi connectivity index (χ2n) is 6.22. The summed E-state index contributed by atoms with van der Waals surface area (Å²) in [5.74, 6) is -0.732. The lowest BCUT2D eigenvalue weighted by Gasteiger charge is -2.39. The van der Waals surface area contributed by atoms with E-state index in [0.717, 1.165) is 24.3 Å². The molecule has 3 rings (SSSR count). The predicted octanol–water partition coefficient (Wildman–Crippen LogP) is 4.24. The summed E-state index contributed by atoms with van der Waals surface area (Å²) in [7, 11) is 0. The second-order valence-corrected chi connectivity index (χ2v) is 6.65. The van der Waals surface area contributed by atoms with Crippen LogP contribution in [-0.2, 0) is 11.0 Å². The Hall–Kier alpha value is -2.54. The van der Waals surface area contributed by atoms with Gasteiger partial charge in [-0.15, -0.1) is 0 Å². The molecule has 1 heterocycles. The van der Waals surface area contributed by atoms with Gasteiger partial charge in [0.15, 0.2) is 0 Å². The number of hydrogen-bond acceptors (Lipinski definition) is 2. The van der Waals surface area contributed by atoms with E-state index in [2.05, 4.69) is 0 Å². The van der Waals surface area contributed by atoms with Gasteiger partial charge < -0.3 is 9.80 Å². The van der Waals surface area contributed by atoms with Gasteiger partial charge >= 0.3 is 6.18 Å². The standard InChI is InChI=1S/C19H16ClF3N2O2/c1-12-17(26)25(16-8-6-15(20)7-9-16)11-10-24(12)18(27)13-2-4-14(5-3-13)19(21,22)23/h2-9,12H,10-11H2,1H3. The number of halogens is 4. The van der Waals surface area contributed by atoms with Crippen LogP contribution in [0.1, 0.15) is 22.8 Å². The van der Waals surface area contributed by atoms with Gasteiger partial charge in [0.05, 0.1) is 5.56 Å². The van der Waals surface area contributed by atoms with Gasteiger partial charge in [-0.3, -0.25) is 9.59 Å². The Morgan fingerprint density at radius 1 is 1.04 bits per heavy atom. The zero-order chi connectivity index (χ0) is 19.8. The van der Waals surface area contributed by atoms with Gasteiger partial charge in [-0.05, 0) is 55.5 Å². The smallest absolute Gasteiger partial charge is 0.325 e. The number of carbonyl (C=O) groups excluding carboxylic acids is 2. The lowest BCUT2D eigenvalue weighted by Crippen LogP contribution is -2.57. The van der Waals surface area contributed by atoms with E-state index in [1.54, 1.807) is 36.1 Å². The normalized spacial score (nSPS) is 18.0. The second kappa shape index (κ2) is 7.23. The minimum Gasteiger partial charge on any atom is -0.325 e. The summed E-state index contributed by atoms with van der Waals surface area (Å²) >= 11 is 5.86. The van der Waals surface area contributed by atoms with Crippen LogP contribution in [0.15, 0.2) is 48.5 Å². The monoisotopic (exact) mass is 396 g/mol. The zero-order valence-electron chi connectivity index (χ0n) is 14.3. The largest absolute Gasteiger partial charge is 0.416 e. The van der Waals surface area contributed by atoms with Gasteiger partial charge in [0.1, 0.15) is 6.04 Å². The highest BCUT2D eigenvalue weighted by molar-refractivity contribution is 6.30. The van der Waals surface area contributed by atoms with E-state index in [4.69, 9.17) is 11.6 Å².